The van der Waals surface area contributed by atoms with Gasteiger partial charge in [0.15, 0.2) is 0 Å². The maximum Gasteiger partial charge on any atom is 0.201 e. The molecule has 2 aromatic rings. The highest BCUT2D eigenvalue weighted by Gasteiger charge is 2.15. The first-order chi connectivity index (χ1) is 9.52. The lowest BCUT2D eigenvalue weighted by atomic mass is 10.2. The van der Waals surface area contributed by atoms with Gasteiger partial charge in [-0.25, -0.2) is 4.98 Å². The molecule has 1 atom stereocenters. The van der Waals surface area contributed by atoms with Crippen molar-refractivity contribution in [2.45, 2.75) is 33.4 Å². The summed E-state index contributed by atoms with van der Waals surface area (Å²) >= 11 is 0. The van der Waals surface area contributed by atoms with Crippen molar-refractivity contribution in [3.8, 4) is 5.75 Å². The van der Waals surface area contributed by atoms with Crippen LogP contribution >= 0.6 is 0 Å². The highest BCUT2D eigenvalue weighted by Crippen LogP contribution is 2.28. The van der Waals surface area contributed by atoms with E-state index in [0.29, 0.717) is 18.5 Å². The number of nitrogens with zero attached hydrogens (tertiary/aromatic N) is 2. The standard InChI is InChI=1S/C15H23N3O2/c1-10(2)20-13-7-5-6-12-14(13)17-15(16)18(12)8-11(3)9-19-4/h5-7,10-11H,8-9H2,1-4H3,(H2,16,17). The Morgan fingerprint density at radius 1 is 1.30 bits per heavy atom. The van der Waals surface area contributed by atoms with Gasteiger partial charge < -0.3 is 19.8 Å². The molecule has 110 valence electrons. The van der Waals surface area contributed by atoms with E-state index in [1.807, 2.05) is 36.6 Å². The molecule has 0 aliphatic heterocycles. The molecule has 0 radical (unpaired) electrons. The average Bonchev–Trinajstić information content (AvgIpc) is 2.67. The molecule has 0 aliphatic carbocycles. The van der Waals surface area contributed by atoms with Gasteiger partial charge in [-0.1, -0.05) is 13.0 Å². The van der Waals surface area contributed by atoms with Gasteiger partial charge in [0.1, 0.15) is 11.3 Å². The van der Waals surface area contributed by atoms with Crippen molar-refractivity contribution in [1.82, 2.24) is 9.55 Å². The molecular formula is C15H23N3O2. The summed E-state index contributed by atoms with van der Waals surface area (Å²) in [5.74, 6) is 1.67. The highest BCUT2D eigenvalue weighted by atomic mass is 16.5. The number of nitrogens with two attached hydrogens (primary N) is 1. The molecule has 0 amide bonds. The van der Waals surface area contributed by atoms with Gasteiger partial charge in [0.2, 0.25) is 5.95 Å². The number of anilines is 1. The number of nitrogen functional groups attached to an aromatic ring is 1. The molecule has 0 spiro atoms. The number of fused-ring (bicyclic) bond motifs is 1. The molecule has 5 nitrogen and oxygen atoms in total. The molecular weight excluding hydrogens is 254 g/mol. The van der Waals surface area contributed by atoms with E-state index in [2.05, 4.69) is 11.9 Å². The van der Waals surface area contributed by atoms with E-state index < -0.39 is 0 Å². The Morgan fingerprint density at radius 2 is 2.05 bits per heavy atom. The predicted molar refractivity (Wildman–Crippen MR) is 80.9 cm³/mol. The van der Waals surface area contributed by atoms with Crippen molar-refractivity contribution in [1.29, 1.82) is 0 Å². The molecule has 0 fully saturated rings. The van der Waals surface area contributed by atoms with Crippen LogP contribution in [0.1, 0.15) is 20.8 Å². The van der Waals surface area contributed by atoms with Crippen molar-refractivity contribution >= 4 is 17.0 Å². The summed E-state index contributed by atoms with van der Waals surface area (Å²) in [5.41, 5.74) is 7.88. The predicted octanol–water partition coefficient (Wildman–Crippen LogP) is 2.69. The smallest absolute Gasteiger partial charge is 0.201 e. The third kappa shape index (κ3) is 3.04. The Morgan fingerprint density at radius 3 is 2.70 bits per heavy atom. The van der Waals surface area contributed by atoms with Gasteiger partial charge in [-0.3, -0.25) is 0 Å². The maximum absolute atomic E-state index is 6.05. The molecule has 0 bridgehead atoms. The molecule has 1 aromatic heterocycles. The molecule has 1 unspecified atom stereocenters. The Bertz CT molecular complexity index is 578. The molecule has 1 aromatic carbocycles. The normalized spacial score (nSPS) is 13.1. The second kappa shape index (κ2) is 6.13. The summed E-state index contributed by atoms with van der Waals surface area (Å²) in [7, 11) is 1.71. The fourth-order valence-electron chi connectivity index (χ4n) is 2.33. The minimum atomic E-state index is 0.111. The number of hydrogen-bond donors (Lipinski definition) is 1. The first-order valence-corrected chi connectivity index (χ1v) is 6.93. The highest BCUT2D eigenvalue weighted by molar-refractivity contribution is 5.84. The summed E-state index contributed by atoms with van der Waals surface area (Å²) in [6, 6.07) is 5.92. The van der Waals surface area contributed by atoms with Crippen LogP contribution in [0.15, 0.2) is 18.2 Å². The molecule has 2 rings (SSSR count). The Labute approximate surface area is 119 Å². The van der Waals surface area contributed by atoms with Crippen molar-refractivity contribution in [2.24, 2.45) is 5.92 Å². The van der Waals surface area contributed by atoms with E-state index in [4.69, 9.17) is 15.2 Å². The van der Waals surface area contributed by atoms with Crippen molar-refractivity contribution < 1.29 is 9.47 Å². The van der Waals surface area contributed by atoms with Crippen LogP contribution in [0, 0.1) is 5.92 Å². The lowest BCUT2D eigenvalue weighted by Crippen LogP contribution is -2.14. The molecule has 20 heavy (non-hydrogen) atoms. The summed E-state index contributed by atoms with van der Waals surface area (Å²) in [4.78, 5) is 4.45. The summed E-state index contributed by atoms with van der Waals surface area (Å²) < 4.78 is 13.0. The van der Waals surface area contributed by atoms with Gasteiger partial charge in [-0.15, -0.1) is 0 Å². The molecule has 2 N–H and O–H groups in total. The average molecular weight is 277 g/mol. The van der Waals surface area contributed by atoms with Crippen molar-refractivity contribution in [3.05, 3.63) is 18.2 Å². The van der Waals surface area contributed by atoms with Crippen LogP contribution in [0.4, 0.5) is 5.95 Å². The number of hydrogen-bond acceptors (Lipinski definition) is 4. The zero-order valence-electron chi connectivity index (χ0n) is 12.6. The Hall–Kier alpha value is -1.75. The molecule has 5 heteroatoms. The number of ether oxygens (including phenoxy) is 2. The number of imidazole rings is 1. The lowest BCUT2D eigenvalue weighted by Gasteiger charge is -2.13. The van der Waals surface area contributed by atoms with Crippen LogP contribution in [-0.2, 0) is 11.3 Å². The second-order valence-corrected chi connectivity index (χ2v) is 5.43. The van der Waals surface area contributed by atoms with Crippen molar-refractivity contribution in [3.63, 3.8) is 0 Å². The minimum absolute atomic E-state index is 0.111. The number of rotatable bonds is 6. The summed E-state index contributed by atoms with van der Waals surface area (Å²) in [6.07, 6.45) is 0.111. The third-order valence-corrected chi connectivity index (χ3v) is 3.08. The fourth-order valence-corrected chi connectivity index (χ4v) is 2.33. The largest absolute Gasteiger partial charge is 0.489 e. The van der Waals surface area contributed by atoms with Gasteiger partial charge in [-0.05, 0) is 31.9 Å². The molecule has 1 heterocycles. The topological polar surface area (TPSA) is 62.3 Å². The molecule has 0 saturated heterocycles. The molecule has 0 saturated carbocycles. The van der Waals surface area contributed by atoms with E-state index >= 15 is 0 Å². The zero-order valence-corrected chi connectivity index (χ0v) is 12.6. The first-order valence-electron chi connectivity index (χ1n) is 6.93. The van der Waals surface area contributed by atoms with Gasteiger partial charge >= 0.3 is 0 Å². The summed E-state index contributed by atoms with van der Waals surface area (Å²) in [6.45, 7) is 7.60. The number of methoxy groups -OCH3 is 1. The fraction of sp³-hybridized carbons (Fsp3) is 0.533. The maximum atomic E-state index is 6.05. The SMILES string of the molecule is COCC(C)Cn1c(N)nc2c(OC(C)C)cccc21. The second-order valence-electron chi connectivity index (χ2n) is 5.43. The number of para-hydroxylation sites is 1. The Kier molecular flexibility index (Phi) is 4.49. The van der Waals surface area contributed by atoms with E-state index in [9.17, 15) is 0 Å². The van der Waals surface area contributed by atoms with E-state index in [1.54, 1.807) is 7.11 Å². The van der Waals surface area contributed by atoms with Gasteiger partial charge in [0.25, 0.3) is 0 Å². The molecule has 0 aliphatic rings. The number of benzene rings is 1. The third-order valence-electron chi connectivity index (χ3n) is 3.08. The van der Waals surface area contributed by atoms with Gasteiger partial charge in [-0.2, -0.15) is 0 Å². The van der Waals surface area contributed by atoms with E-state index in [0.717, 1.165) is 23.3 Å². The summed E-state index contributed by atoms with van der Waals surface area (Å²) in [5, 5.41) is 0. The van der Waals surface area contributed by atoms with E-state index in [-0.39, 0.29) is 6.10 Å². The van der Waals surface area contributed by atoms with Crippen LogP contribution in [0.25, 0.3) is 11.0 Å². The van der Waals surface area contributed by atoms with Crippen LogP contribution in [-0.4, -0.2) is 29.4 Å². The van der Waals surface area contributed by atoms with Crippen LogP contribution < -0.4 is 10.5 Å². The van der Waals surface area contributed by atoms with Crippen LogP contribution in [0.2, 0.25) is 0 Å². The van der Waals surface area contributed by atoms with Crippen molar-refractivity contribution in [2.75, 3.05) is 19.5 Å². The monoisotopic (exact) mass is 277 g/mol. The van der Waals surface area contributed by atoms with Gasteiger partial charge in [0.05, 0.1) is 18.2 Å². The Balaban J connectivity index is 2.38. The quantitative estimate of drug-likeness (QED) is 0.881. The first kappa shape index (κ1) is 14.7. The zero-order chi connectivity index (χ0) is 14.7. The minimum Gasteiger partial charge on any atom is -0.489 e. The number of aromatic nitrogens is 2. The van der Waals surface area contributed by atoms with Crippen LogP contribution in [0.5, 0.6) is 5.75 Å². The van der Waals surface area contributed by atoms with Crippen LogP contribution in [0.3, 0.4) is 0 Å². The lowest BCUT2D eigenvalue weighted by molar-refractivity contribution is 0.152. The van der Waals surface area contributed by atoms with Gasteiger partial charge in [0, 0.05) is 13.7 Å². The van der Waals surface area contributed by atoms with E-state index in [1.165, 1.54) is 0 Å².